The van der Waals surface area contributed by atoms with E-state index in [1.54, 1.807) is 12.1 Å². The number of hydrogen-bond acceptors (Lipinski definition) is 4. The third-order valence-electron chi connectivity index (χ3n) is 4.03. The first kappa shape index (κ1) is 19.4. The van der Waals surface area contributed by atoms with Gasteiger partial charge in [-0.1, -0.05) is 54.1 Å². The second-order valence-corrected chi connectivity index (χ2v) is 6.33. The summed E-state index contributed by atoms with van der Waals surface area (Å²) in [6.45, 7) is 0.348. The number of nitrogens with one attached hydrogen (secondary N) is 2. The Morgan fingerprint density at radius 3 is 2.54 bits per heavy atom. The molecule has 0 spiro atoms. The second-order valence-electron chi connectivity index (χ2n) is 5.89. The normalized spacial score (nSPS) is 10.8. The van der Waals surface area contributed by atoms with E-state index in [2.05, 4.69) is 15.8 Å². The molecule has 0 aromatic heterocycles. The summed E-state index contributed by atoms with van der Waals surface area (Å²) in [5, 5.41) is 8.72. The van der Waals surface area contributed by atoms with E-state index in [-0.39, 0.29) is 0 Å². The SMILES string of the molecule is CNC(=O)C(=O)N/N=C\c1c(OCc2ccc(Cl)cc2)ccc2ccccc12. The Balaban J connectivity index is 1.86. The topological polar surface area (TPSA) is 79.8 Å². The maximum absolute atomic E-state index is 11.6. The van der Waals surface area contributed by atoms with Crippen LogP contribution in [0.2, 0.25) is 5.02 Å². The van der Waals surface area contributed by atoms with Gasteiger partial charge in [0.15, 0.2) is 0 Å². The average molecular weight is 396 g/mol. The molecule has 0 unspecified atom stereocenters. The standard InChI is InChI=1S/C21H18ClN3O3/c1-23-20(26)21(27)25-24-12-18-17-5-3-2-4-15(17)8-11-19(18)28-13-14-6-9-16(22)10-7-14/h2-12H,13H2,1H3,(H,23,26)(H,25,27)/b24-12-. The van der Waals surface area contributed by atoms with Gasteiger partial charge in [-0.3, -0.25) is 9.59 Å². The molecule has 0 saturated heterocycles. The predicted molar refractivity (Wildman–Crippen MR) is 110 cm³/mol. The van der Waals surface area contributed by atoms with Gasteiger partial charge in [0.2, 0.25) is 0 Å². The lowest BCUT2D eigenvalue weighted by atomic mass is 10.0. The molecule has 3 aromatic carbocycles. The Labute approximate surface area is 167 Å². The molecule has 0 radical (unpaired) electrons. The molecule has 0 atom stereocenters. The molecule has 0 heterocycles. The van der Waals surface area contributed by atoms with Crippen molar-refractivity contribution in [1.29, 1.82) is 0 Å². The van der Waals surface area contributed by atoms with Gasteiger partial charge in [-0.25, -0.2) is 5.43 Å². The van der Waals surface area contributed by atoms with Crippen LogP contribution < -0.4 is 15.5 Å². The van der Waals surface area contributed by atoms with Gasteiger partial charge in [0, 0.05) is 17.6 Å². The summed E-state index contributed by atoms with van der Waals surface area (Å²) < 4.78 is 5.97. The Bertz CT molecular complexity index is 1030. The minimum absolute atomic E-state index is 0.348. The second kappa shape index (κ2) is 9.01. The molecular formula is C21H18ClN3O3. The van der Waals surface area contributed by atoms with Crippen molar-refractivity contribution in [2.75, 3.05) is 7.05 Å². The molecule has 0 saturated carbocycles. The van der Waals surface area contributed by atoms with Crippen LogP contribution in [-0.2, 0) is 16.2 Å². The number of likely N-dealkylation sites (N-methyl/N-ethyl adjacent to an activating group) is 1. The molecule has 142 valence electrons. The first-order valence-electron chi connectivity index (χ1n) is 8.52. The number of hydrazone groups is 1. The van der Waals surface area contributed by atoms with Gasteiger partial charge in [0.1, 0.15) is 12.4 Å². The first-order valence-corrected chi connectivity index (χ1v) is 8.90. The van der Waals surface area contributed by atoms with Gasteiger partial charge in [-0.15, -0.1) is 0 Å². The van der Waals surface area contributed by atoms with Crippen LogP contribution in [0.25, 0.3) is 10.8 Å². The fourth-order valence-corrected chi connectivity index (χ4v) is 2.72. The van der Waals surface area contributed by atoms with Crippen molar-refractivity contribution in [2.24, 2.45) is 5.10 Å². The number of amides is 2. The van der Waals surface area contributed by atoms with Crippen LogP contribution in [0.15, 0.2) is 65.8 Å². The van der Waals surface area contributed by atoms with Gasteiger partial charge < -0.3 is 10.1 Å². The Morgan fingerprint density at radius 1 is 1.04 bits per heavy atom. The van der Waals surface area contributed by atoms with Gasteiger partial charge in [-0.2, -0.15) is 5.10 Å². The lowest BCUT2D eigenvalue weighted by molar-refractivity contribution is -0.138. The molecule has 2 amide bonds. The number of rotatable bonds is 5. The zero-order chi connectivity index (χ0) is 19.9. The highest BCUT2D eigenvalue weighted by Crippen LogP contribution is 2.27. The number of carbonyl (C=O) groups excluding carboxylic acids is 2. The third-order valence-corrected chi connectivity index (χ3v) is 4.28. The summed E-state index contributed by atoms with van der Waals surface area (Å²) >= 11 is 5.91. The van der Waals surface area contributed by atoms with E-state index in [4.69, 9.17) is 16.3 Å². The van der Waals surface area contributed by atoms with Gasteiger partial charge in [-0.05, 0) is 34.5 Å². The molecule has 0 fully saturated rings. The minimum Gasteiger partial charge on any atom is -0.488 e. The molecule has 0 aliphatic heterocycles. The summed E-state index contributed by atoms with van der Waals surface area (Å²) in [6.07, 6.45) is 1.47. The minimum atomic E-state index is -0.845. The first-order chi connectivity index (χ1) is 13.6. The van der Waals surface area contributed by atoms with Crippen molar-refractivity contribution in [3.05, 3.63) is 76.8 Å². The zero-order valence-corrected chi connectivity index (χ0v) is 15.9. The number of halogens is 1. The zero-order valence-electron chi connectivity index (χ0n) is 15.1. The number of fused-ring (bicyclic) bond motifs is 1. The molecule has 0 aliphatic rings. The number of hydrogen-bond donors (Lipinski definition) is 2. The van der Waals surface area contributed by atoms with Crippen LogP contribution in [0.5, 0.6) is 5.75 Å². The lowest BCUT2D eigenvalue weighted by Crippen LogP contribution is -2.35. The van der Waals surface area contributed by atoms with Crippen molar-refractivity contribution >= 4 is 40.4 Å². The smallest absolute Gasteiger partial charge is 0.329 e. The third kappa shape index (κ3) is 4.66. The summed E-state index contributed by atoms with van der Waals surface area (Å²) in [5.41, 5.74) is 3.87. The monoisotopic (exact) mass is 395 g/mol. The van der Waals surface area contributed by atoms with E-state index < -0.39 is 11.8 Å². The highest BCUT2D eigenvalue weighted by Gasteiger charge is 2.11. The van der Waals surface area contributed by atoms with Crippen LogP contribution in [0, 0.1) is 0 Å². The van der Waals surface area contributed by atoms with Crippen LogP contribution in [0.3, 0.4) is 0 Å². The van der Waals surface area contributed by atoms with E-state index >= 15 is 0 Å². The van der Waals surface area contributed by atoms with Crippen LogP contribution in [-0.4, -0.2) is 25.1 Å². The number of ether oxygens (including phenoxy) is 1. The molecule has 3 aromatic rings. The van der Waals surface area contributed by atoms with Gasteiger partial charge >= 0.3 is 11.8 Å². The summed E-state index contributed by atoms with van der Waals surface area (Å²) in [4.78, 5) is 22.9. The van der Waals surface area contributed by atoms with E-state index in [0.29, 0.717) is 22.9 Å². The summed E-state index contributed by atoms with van der Waals surface area (Å²) in [7, 11) is 1.37. The van der Waals surface area contributed by atoms with E-state index in [1.165, 1.54) is 13.3 Å². The van der Waals surface area contributed by atoms with E-state index in [0.717, 1.165) is 16.3 Å². The molecule has 3 rings (SSSR count). The van der Waals surface area contributed by atoms with Crippen molar-refractivity contribution in [3.63, 3.8) is 0 Å². The van der Waals surface area contributed by atoms with Crippen molar-refractivity contribution < 1.29 is 14.3 Å². The largest absolute Gasteiger partial charge is 0.488 e. The Morgan fingerprint density at radius 2 is 1.79 bits per heavy atom. The molecule has 2 N–H and O–H groups in total. The number of benzene rings is 3. The fourth-order valence-electron chi connectivity index (χ4n) is 2.60. The Hall–Kier alpha value is -3.38. The highest BCUT2D eigenvalue weighted by atomic mass is 35.5. The average Bonchev–Trinajstić information content (AvgIpc) is 2.73. The summed E-state index contributed by atoms with van der Waals surface area (Å²) in [5.74, 6) is -1.01. The lowest BCUT2D eigenvalue weighted by Gasteiger charge is -2.12. The van der Waals surface area contributed by atoms with E-state index in [9.17, 15) is 9.59 Å². The molecule has 6 nitrogen and oxygen atoms in total. The number of carbonyl (C=O) groups is 2. The quantitative estimate of drug-likeness (QED) is 0.395. The highest BCUT2D eigenvalue weighted by molar-refractivity contribution is 6.35. The van der Waals surface area contributed by atoms with Crippen molar-refractivity contribution in [1.82, 2.24) is 10.7 Å². The maximum atomic E-state index is 11.6. The molecule has 7 heteroatoms. The Kier molecular flexibility index (Phi) is 6.24. The van der Waals surface area contributed by atoms with Crippen LogP contribution >= 0.6 is 11.6 Å². The number of nitrogens with zero attached hydrogens (tertiary/aromatic N) is 1. The van der Waals surface area contributed by atoms with E-state index in [1.807, 2.05) is 48.5 Å². The van der Waals surface area contributed by atoms with Gasteiger partial charge in [0.05, 0.1) is 6.21 Å². The maximum Gasteiger partial charge on any atom is 0.329 e. The molecule has 0 aliphatic carbocycles. The summed E-state index contributed by atoms with van der Waals surface area (Å²) in [6, 6.07) is 18.9. The molecule has 0 bridgehead atoms. The predicted octanol–water partition coefficient (Wildman–Crippen LogP) is 3.27. The molecule has 28 heavy (non-hydrogen) atoms. The van der Waals surface area contributed by atoms with Crippen LogP contribution in [0.1, 0.15) is 11.1 Å². The fraction of sp³-hybridized carbons (Fsp3) is 0.0952. The molecular weight excluding hydrogens is 378 g/mol. The van der Waals surface area contributed by atoms with Crippen LogP contribution in [0.4, 0.5) is 0 Å². The van der Waals surface area contributed by atoms with Gasteiger partial charge in [0.25, 0.3) is 0 Å². The van der Waals surface area contributed by atoms with Crippen molar-refractivity contribution in [2.45, 2.75) is 6.61 Å². The van der Waals surface area contributed by atoms with Crippen molar-refractivity contribution in [3.8, 4) is 5.75 Å².